The number of aliphatic hydroxyl groups excluding tert-OH is 1. The number of ether oxygens (including phenoxy) is 1. The number of halogens is 6. The number of benzene rings is 3. The monoisotopic (exact) mass is 651 g/mol. The van der Waals surface area contributed by atoms with Crippen LogP contribution in [0.2, 0.25) is 0 Å². The number of oxazole rings is 1. The number of hydrogen-bond acceptors (Lipinski definition) is 7. The van der Waals surface area contributed by atoms with E-state index in [1.807, 2.05) is 0 Å². The van der Waals surface area contributed by atoms with Crippen LogP contribution < -0.4 is 4.74 Å². The summed E-state index contributed by atoms with van der Waals surface area (Å²) in [5.74, 6) is -0.407. The second-order valence-electron chi connectivity index (χ2n) is 9.90. The first-order valence-electron chi connectivity index (χ1n) is 13.1. The maximum absolute atomic E-state index is 13.6. The molecule has 0 unspecified atom stereocenters. The quantitative estimate of drug-likeness (QED) is 0.180. The SMILES string of the molecule is Cc1nc(C(F)(F)F)cn1-c1ccc(-c2cccc(S(C)(=O)=O)c2)cc1-c1nc(CCO)oc1-c1ccc(OC(F)(F)F)cc1. The number of rotatable bonds is 8. The highest BCUT2D eigenvalue weighted by Gasteiger charge is 2.35. The van der Waals surface area contributed by atoms with Crippen LogP contribution in [0.4, 0.5) is 26.3 Å². The predicted octanol–water partition coefficient (Wildman–Crippen LogP) is 7.03. The molecule has 5 rings (SSSR count). The molecule has 236 valence electrons. The number of imidazole rings is 1. The van der Waals surface area contributed by atoms with Crippen molar-refractivity contribution in [3.8, 4) is 45.1 Å². The Hall–Kier alpha value is -4.63. The van der Waals surface area contributed by atoms with E-state index in [1.54, 1.807) is 24.3 Å². The van der Waals surface area contributed by atoms with Gasteiger partial charge in [-0.25, -0.2) is 18.4 Å². The molecule has 2 heterocycles. The van der Waals surface area contributed by atoms with Crippen LogP contribution in [0.1, 0.15) is 17.4 Å². The summed E-state index contributed by atoms with van der Waals surface area (Å²) in [4.78, 5) is 8.20. The average Bonchev–Trinajstić information content (AvgIpc) is 3.56. The number of sulfone groups is 1. The molecule has 45 heavy (non-hydrogen) atoms. The van der Waals surface area contributed by atoms with E-state index in [0.29, 0.717) is 11.1 Å². The lowest BCUT2D eigenvalue weighted by atomic mass is 9.98. The van der Waals surface area contributed by atoms with Crippen LogP contribution in [0.3, 0.4) is 0 Å². The summed E-state index contributed by atoms with van der Waals surface area (Å²) < 4.78 is 114. The Morgan fingerprint density at radius 2 is 1.58 bits per heavy atom. The summed E-state index contributed by atoms with van der Waals surface area (Å²) >= 11 is 0. The zero-order chi connectivity index (χ0) is 32.7. The molecular weight excluding hydrogens is 628 g/mol. The fraction of sp³-hybridized carbons (Fsp3) is 0.200. The van der Waals surface area contributed by atoms with Crippen molar-refractivity contribution in [1.82, 2.24) is 14.5 Å². The molecule has 0 atom stereocenters. The molecule has 0 bridgehead atoms. The van der Waals surface area contributed by atoms with Gasteiger partial charge in [-0.3, -0.25) is 0 Å². The highest BCUT2D eigenvalue weighted by molar-refractivity contribution is 7.90. The fourth-order valence-electron chi connectivity index (χ4n) is 4.63. The molecule has 0 spiro atoms. The highest BCUT2D eigenvalue weighted by atomic mass is 32.2. The molecule has 3 aromatic carbocycles. The molecule has 0 aliphatic carbocycles. The second kappa shape index (κ2) is 11.7. The molecule has 0 radical (unpaired) electrons. The Labute approximate surface area is 252 Å². The van der Waals surface area contributed by atoms with Gasteiger partial charge in [-0.1, -0.05) is 18.2 Å². The Morgan fingerprint density at radius 3 is 2.18 bits per heavy atom. The minimum absolute atomic E-state index is 0.00956. The number of aromatic nitrogens is 3. The third kappa shape index (κ3) is 7.04. The minimum Gasteiger partial charge on any atom is -0.440 e. The maximum Gasteiger partial charge on any atom is 0.573 e. The lowest BCUT2D eigenvalue weighted by Crippen LogP contribution is -2.16. The van der Waals surface area contributed by atoms with E-state index in [9.17, 15) is 39.9 Å². The molecule has 1 N–H and O–H groups in total. The van der Waals surface area contributed by atoms with Crippen LogP contribution in [-0.4, -0.2) is 47.3 Å². The number of aliphatic hydroxyl groups is 1. The summed E-state index contributed by atoms with van der Waals surface area (Å²) in [6.45, 7) is 1.02. The summed E-state index contributed by atoms with van der Waals surface area (Å²) in [6, 6.07) is 15.4. The minimum atomic E-state index is -4.92. The van der Waals surface area contributed by atoms with E-state index in [0.717, 1.165) is 24.6 Å². The van der Waals surface area contributed by atoms with Gasteiger partial charge in [0.15, 0.2) is 27.2 Å². The number of nitrogens with zero attached hydrogens (tertiary/aromatic N) is 3. The van der Waals surface area contributed by atoms with Gasteiger partial charge in [-0.05, 0) is 66.6 Å². The fourth-order valence-corrected chi connectivity index (χ4v) is 5.29. The zero-order valence-electron chi connectivity index (χ0n) is 23.4. The summed E-state index contributed by atoms with van der Waals surface area (Å²) in [5, 5.41) is 9.55. The van der Waals surface area contributed by atoms with E-state index in [2.05, 4.69) is 14.7 Å². The van der Waals surface area contributed by atoms with Crippen LogP contribution in [0.5, 0.6) is 5.75 Å². The third-order valence-corrected chi connectivity index (χ3v) is 7.74. The van der Waals surface area contributed by atoms with E-state index in [4.69, 9.17) is 4.42 Å². The molecule has 0 aliphatic rings. The predicted molar refractivity (Wildman–Crippen MR) is 150 cm³/mol. The van der Waals surface area contributed by atoms with Crippen molar-refractivity contribution in [3.05, 3.63) is 90.3 Å². The van der Waals surface area contributed by atoms with Crippen LogP contribution in [0.25, 0.3) is 39.4 Å². The van der Waals surface area contributed by atoms with Gasteiger partial charge in [0.05, 0.1) is 17.2 Å². The Morgan fingerprint density at radius 1 is 0.911 bits per heavy atom. The van der Waals surface area contributed by atoms with Crippen molar-refractivity contribution in [2.45, 2.75) is 30.8 Å². The first kappa shape index (κ1) is 31.8. The van der Waals surface area contributed by atoms with Crippen LogP contribution >= 0.6 is 0 Å². The van der Waals surface area contributed by atoms with Crippen molar-refractivity contribution in [2.24, 2.45) is 0 Å². The van der Waals surface area contributed by atoms with E-state index in [1.165, 1.54) is 41.8 Å². The van der Waals surface area contributed by atoms with Gasteiger partial charge in [0.2, 0.25) is 0 Å². The van der Waals surface area contributed by atoms with Crippen molar-refractivity contribution in [3.63, 3.8) is 0 Å². The van der Waals surface area contributed by atoms with Crippen molar-refractivity contribution in [2.75, 3.05) is 12.9 Å². The molecule has 15 heteroatoms. The average molecular weight is 652 g/mol. The Bertz CT molecular complexity index is 1960. The van der Waals surface area contributed by atoms with Crippen molar-refractivity contribution < 1.29 is 49.0 Å². The normalized spacial score (nSPS) is 12.5. The van der Waals surface area contributed by atoms with E-state index >= 15 is 0 Å². The molecular formula is C30H23F6N3O5S. The van der Waals surface area contributed by atoms with Crippen molar-refractivity contribution in [1.29, 1.82) is 0 Å². The van der Waals surface area contributed by atoms with Crippen molar-refractivity contribution >= 4 is 9.84 Å². The zero-order valence-corrected chi connectivity index (χ0v) is 24.3. The molecule has 0 fully saturated rings. The van der Waals surface area contributed by atoms with Crippen LogP contribution in [0, 0.1) is 6.92 Å². The number of alkyl halides is 6. The molecule has 2 aromatic heterocycles. The van der Waals surface area contributed by atoms with Gasteiger partial charge in [-0.15, -0.1) is 13.2 Å². The van der Waals surface area contributed by atoms with Crippen LogP contribution in [-0.2, 0) is 22.4 Å². The smallest absolute Gasteiger partial charge is 0.440 e. The Balaban J connectivity index is 1.75. The molecule has 0 amide bonds. The van der Waals surface area contributed by atoms with E-state index < -0.39 is 33.8 Å². The molecule has 0 saturated heterocycles. The van der Waals surface area contributed by atoms with Gasteiger partial charge >= 0.3 is 12.5 Å². The third-order valence-electron chi connectivity index (χ3n) is 6.63. The molecule has 8 nitrogen and oxygen atoms in total. The molecule has 5 aromatic rings. The van der Waals surface area contributed by atoms with Crippen LogP contribution in [0.15, 0.2) is 82.2 Å². The largest absolute Gasteiger partial charge is 0.573 e. The lowest BCUT2D eigenvalue weighted by Gasteiger charge is -2.14. The lowest BCUT2D eigenvalue weighted by molar-refractivity contribution is -0.274. The summed E-state index contributed by atoms with van der Waals surface area (Å²) in [6.07, 6.45) is -7.84. The summed E-state index contributed by atoms with van der Waals surface area (Å²) in [7, 11) is -3.57. The number of aryl methyl sites for hydroxylation is 1. The van der Waals surface area contributed by atoms with Gasteiger partial charge in [0.1, 0.15) is 17.3 Å². The first-order valence-corrected chi connectivity index (χ1v) is 15.0. The second-order valence-corrected chi connectivity index (χ2v) is 11.9. The maximum atomic E-state index is 13.6. The van der Waals surface area contributed by atoms with Gasteiger partial charge < -0.3 is 18.8 Å². The van der Waals surface area contributed by atoms with E-state index in [-0.39, 0.29) is 57.9 Å². The van der Waals surface area contributed by atoms with Gasteiger partial charge in [-0.2, -0.15) is 13.2 Å². The summed E-state index contributed by atoms with van der Waals surface area (Å²) in [5.41, 5.74) is 0.576. The topological polar surface area (TPSA) is 107 Å². The molecule has 0 aliphatic heterocycles. The molecule has 0 saturated carbocycles. The first-order chi connectivity index (χ1) is 21.0. The van der Waals surface area contributed by atoms with Gasteiger partial charge in [0.25, 0.3) is 0 Å². The Kier molecular flexibility index (Phi) is 8.27. The standard InChI is InChI=1S/C30H23F6N3O5S/c1-17-37-25(29(31,32)33)16-39(17)24-11-8-20(19-4-3-5-22(14-19)45(2,41)42)15-23(24)27-28(43-26(38-27)12-13-40)18-6-9-21(10-7-18)44-30(34,35)36/h3-11,14-16,40H,12-13H2,1-2H3. The number of hydrogen-bond donors (Lipinski definition) is 1. The van der Waals surface area contributed by atoms with Gasteiger partial charge in [0, 0.05) is 30.0 Å². The highest BCUT2D eigenvalue weighted by Crippen LogP contribution is 2.40.